The molecule has 0 aliphatic rings. The summed E-state index contributed by atoms with van der Waals surface area (Å²) in [4.78, 5) is 53.4. The van der Waals surface area contributed by atoms with E-state index in [2.05, 4.69) is 5.32 Å². The van der Waals surface area contributed by atoms with E-state index in [1.807, 2.05) is 24.3 Å². The van der Waals surface area contributed by atoms with Crippen LogP contribution in [0.1, 0.15) is 34.5 Å². The number of fused-ring (bicyclic) bond motifs is 1. The maximum absolute atomic E-state index is 14.5. The van der Waals surface area contributed by atoms with Crippen LogP contribution in [0.25, 0.3) is 10.8 Å². The number of amides is 3. The number of nitrogen functional groups attached to an aromatic ring is 1. The summed E-state index contributed by atoms with van der Waals surface area (Å²) in [6.07, 6.45) is 0. The fourth-order valence-electron chi connectivity index (χ4n) is 4.35. The van der Waals surface area contributed by atoms with Gasteiger partial charge in [-0.2, -0.15) is 0 Å². The summed E-state index contributed by atoms with van der Waals surface area (Å²) < 4.78 is 8.86. The molecule has 4 aromatic rings. The number of carboxylic acids is 1. The van der Waals surface area contributed by atoms with E-state index < -0.39 is 42.3 Å². The van der Waals surface area contributed by atoms with Crippen molar-refractivity contribution in [3.8, 4) is 0 Å². The highest BCUT2D eigenvalue weighted by Crippen LogP contribution is 2.28. The van der Waals surface area contributed by atoms with Crippen LogP contribution in [0.2, 0.25) is 1.41 Å². The van der Waals surface area contributed by atoms with Gasteiger partial charge in [0.1, 0.15) is 24.5 Å². The molecule has 0 heterocycles. The van der Waals surface area contributed by atoms with Crippen LogP contribution in [-0.4, -0.2) is 47.2 Å². The molecular weight excluding hydrogens is 522 g/mol. The van der Waals surface area contributed by atoms with Crippen LogP contribution >= 0.6 is 0 Å². The highest BCUT2D eigenvalue weighted by atomic mass is 16.4. The topological polar surface area (TPSA) is 166 Å². The summed E-state index contributed by atoms with van der Waals surface area (Å²) in [5, 5.41) is 21.3. The Kier molecular flexibility index (Phi) is 8.30. The Morgan fingerprint density at radius 1 is 0.902 bits per heavy atom. The molecule has 2 atom stereocenters. The van der Waals surface area contributed by atoms with Crippen molar-refractivity contribution >= 4 is 46.0 Å². The smallest absolute Gasteiger partial charge is 0.322 e. The molecule has 0 aliphatic carbocycles. The molecular formula is C31H29N5O5. The zero-order chi connectivity index (χ0) is 30.4. The van der Waals surface area contributed by atoms with Gasteiger partial charge >= 0.3 is 5.97 Å². The number of benzene rings is 4. The van der Waals surface area contributed by atoms with Crippen LogP contribution < -0.4 is 21.3 Å². The number of carbonyl (C=O) groups is 4. The second-order valence-electron chi connectivity index (χ2n) is 9.27. The normalized spacial score (nSPS) is 12.5. The van der Waals surface area contributed by atoms with Gasteiger partial charge < -0.3 is 21.5 Å². The molecule has 0 aromatic heterocycles. The zero-order valence-electron chi connectivity index (χ0n) is 23.2. The molecule has 0 aliphatic heterocycles. The monoisotopic (exact) mass is 552 g/mol. The van der Waals surface area contributed by atoms with Crippen molar-refractivity contribution in [2.45, 2.75) is 19.0 Å². The number of hydrogen-bond acceptors (Lipinski definition) is 5. The first-order valence-corrected chi connectivity index (χ1v) is 12.7. The summed E-state index contributed by atoms with van der Waals surface area (Å²) in [7, 11) is 0. The number of nitrogens with one attached hydrogen (secondary N) is 3. The number of nitrogens with zero attached hydrogens (tertiary/aromatic N) is 1. The number of amidine groups is 1. The van der Waals surface area contributed by atoms with Crippen molar-refractivity contribution in [2.24, 2.45) is 5.73 Å². The molecule has 208 valence electrons. The third kappa shape index (κ3) is 6.74. The first-order chi connectivity index (χ1) is 20.1. The summed E-state index contributed by atoms with van der Waals surface area (Å²) in [5.74, 6) is -3.84. The predicted octanol–water partition coefficient (Wildman–Crippen LogP) is 3.22. The quantitative estimate of drug-likeness (QED) is 0.150. The van der Waals surface area contributed by atoms with E-state index >= 15 is 0 Å². The fourth-order valence-corrected chi connectivity index (χ4v) is 4.35. The average Bonchev–Trinajstić information content (AvgIpc) is 3.00. The lowest BCUT2D eigenvalue weighted by Crippen LogP contribution is -2.52. The Labute approximate surface area is 237 Å². The summed E-state index contributed by atoms with van der Waals surface area (Å²) >= 11 is 0. The van der Waals surface area contributed by atoms with Crippen LogP contribution in [0.15, 0.2) is 97.1 Å². The lowest BCUT2D eigenvalue weighted by atomic mass is 10.0. The minimum Gasteiger partial charge on any atom is -0.480 e. The molecule has 10 nitrogen and oxygen atoms in total. The van der Waals surface area contributed by atoms with Gasteiger partial charge in [0.15, 0.2) is 1.41 Å². The highest BCUT2D eigenvalue weighted by molar-refractivity contribution is 6.07. The van der Waals surface area contributed by atoms with Crippen molar-refractivity contribution in [3.63, 3.8) is 0 Å². The van der Waals surface area contributed by atoms with Gasteiger partial charge in [-0.1, -0.05) is 72.8 Å². The molecule has 0 unspecified atom stereocenters. The third-order valence-electron chi connectivity index (χ3n) is 6.45. The van der Waals surface area contributed by atoms with Gasteiger partial charge in [0.05, 0.1) is 0 Å². The molecule has 41 heavy (non-hydrogen) atoms. The van der Waals surface area contributed by atoms with E-state index in [0.717, 1.165) is 10.8 Å². The molecule has 4 aromatic carbocycles. The number of hydrogen-bond donors (Lipinski definition) is 5. The number of aliphatic carboxylic acids is 1. The van der Waals surface area contributed by atoms with Crippen molar-refractivity contribution in [2.75, 3.05) is 11.4 Å². The van der Waals surface area contributed by atoms with E-state index in [1.165, 1.54) is 30.0 Å². The van der Waals surface area contributed by atoms with Crippen molar-refractivity contribution in [1.82, 2.24) is 10.6 Å². The maximum atomic E-state index is 14.5. The number of rotatable bonds is 10. The Balaban J connectivity index is 1.82. The molecule has 4 rings (SSSR count). The molecule has 0 radical (unpaired) electrons. The van der Waals surface area contributed by atoms with E-state index in [-0.39, 0.29) is 17.0 Å². The van der Waals surface area contributed by atoms with Gasteiger partial charge in [-0.05, 0) is 47.5 Å². The molecule has 0 saturated heterocycles. The average molecular weight is 553 g/mol. The van der Waals surface area contributed by atoms with Gasteiger partial charge in [0.25, 0.3) is 11.8 Å². The second-order valence-corrected chi connectivity index (χ2v) is 9.27. The molecule has 6 N–H and O–H groups in total. The van der Waals surface area contributed by atoms with Gasteiger partial charge in [-0.15, -0.1) is 0 Å². The Morgan fingerprint density at radius 3 is 2.24 bits per heavy atom. The van der Waals surface area contributed by atoms with Crippen LogP contribution in [-0.2, 0) is 14.4 Å². The van der Waals surface area contributed by atoms with Crippen LogP contribution in [0.3, 0.4) is 0 Å². The Hall–Kier alpha value is -5.51. The van der Waals surface area contributed by atoms with Gasteiger partial charge in [0, 0.05) is 16.8 Å². The number of anilines is 1. The van der Waals surface area contributed by atoms with Gasteiger partial charge in [-0.3, -0.25) is 29.5 Å². The summed E-state index contributed by atoms with van der Waals surface area (Å²) in [6, 6.07) is 24.0. The molecule has 3 amide bonds. The lowest BCUT2D eigenvalue weighted by molar-refractivity contribution is -0.138. The lowest BCUT2D eigenvalue weighted by Gasteiger charge is -2.32. The highest BCUT2D eigenvalue weighted by Gasteiger charge is 2.34. The van der Waals surface area contributed by atoms with Crippen LogP contribution in [0.5, 0.6) is 0 Å². The standard InChI is InChI=1S/C31H29N5O5/c1-19(29(39)34-18-26(37)38)36(25-15-14-20-8-5-6-11-22(20)17-25)31(41)27(21-9-3-2-4-10-21)35-30(40)24-13-7-12-23(16-24)28(32)33/h2-17,19,27H,18H2,1H3,(H3,32,33)(H,34,39)(H,35,40)(H,37,38)/t19-,27+/m0/s1/i/hD. The van der Waals surface area contributed by atoms with Crippen molar-refractivity contribution in [1.29, 1.82) is 5.41 Å². The summed E-state index contributed by atoms with van der Waals surface area (Å²) in [5.41, 5.74) is 6.53. The molecule has 10 heteroatoms. The summed E-state index contributed by atoms with van der Waals surface area (Å²) in [6.45, 7) is 0.791. The number of nitrogens with two attached hydrogens (primary N) is 1. The van der Waals surface area contributed by atoms with Crippen LogP contribution in [0, 0.1) is 5.41 Å². The molecule has 0 saturated carbocycles. The minimum absolute atomic E-state index is 0.0379. The maximum Gasteiger partial charge on any atom is 0.322 e. The largest absolute Gasteiger partial charge is 0.480 e. The Morgan fingerprint density at radius 2 is 1.56 bits per heavy atom. The minimum atomic E-state index is -1.50. The Bertz CT molecular complexity index is 1660. The molecule has 0 bridgehead atoms. The SMILES string of the molecule is [2H]N(C(=O)c1cccc(C(=N)N)c1)[C@@H](C(=O)N(c1ccc2ccccc2c1)[C@@H](C)C(=O)NCC(=O)O)c1ccccc1. The molecule has 0 fully saturated rings. The molecule has 0 spiro atoms. The van der Waals surface area contributed by atoms with Gasteiger partial charge in [-0.25, -0.2) is 0 Å². The van der Waals surface area contributed by atoms with E-state index in [9.17, 15) is 19.2 Å². The number of carbonyl (C=O) groups excluding carboxylic acids is 3. The second kappa shape index (κ2) is 12.6. The number of carboxylic acid groups (broad SMARTS) is 1. The first kappa shape index (κ1) is 27.1. The van der Waals surface area contributed by atoms with Crippen LogP contribution in [0.4, 0.5) is 5.69 Å². The van der Waals surface area contributed by atoms with E-state index in [4.69, 9.17) is 17.7 Å². The first-order valence-electron chi connectivity index (χ1n) is 13.2. The van der Waals surface area contributed by atoms with Crippen molar-refractivity contribution < 1.29 is 25.7 Å². The predicted molar refractivity (Wildman–Crippen MR) is 156 cm³/mol. The third-order valence-corrected chi connectivity index (χ3v) is 6.45. The van der Waals surface area contributed by atoms with Gasteiger partial charge in [0.2, 0.25) is 5.91 Å². The van der Waals surface area contributed by atoms with Crippen molar-refractivity contribution in [3.05, 3.63) is 114 Å². The fraction of sp³-hybridized carbons (Fsp3) is 0.129. The van der Waals surface area contributed by atoms with E-state index in [0.29, 0.717) is 16.6 Å². The zero-order valence-corrected chi connectivity index (χ0v) is 22.2. The van der Waals surface area contributed by atoms with E-state index in [1.54, 1.807) is 54.6 Å².